The molecule has 34 heavy (non-hydrogen) atoms. The maximum absolute atomic E-state index is 12.6. The number of aromatic nitrogens is 2. The van der Waals surface area contributed by atoms with Crippen molar-refractivity contribution in [1.29, 1.82) is 0 Å². The van der Waals surface area contributed by atoms with E-state index in [2.05, 4.69) is 25.9 Å². The van der Waals surface area contributed by atoms with Crippen LogP contribution in [-0.4, -0.2) is 45.7 Å². The highest BCUT2D eigenvalue weighted by molar-refractivity contribution is 5.94. The van der Waals surface area contributed by atoms with Crippen molar-refractivity contribution in [3.05, 3.63) is 71.6 Å². The lowest BCUT2D eigenvalue weighted by atomic mass is 9.92. The maximum Gasteiger partial charge on any atom is 0.251 e. The van der Waals surface area contributed by atoms with Gasteiger partial charge < -0.3 is 30.2 Å². The Morgan fingerprint density at radius 1 is 1.26 bits per heavy atom. The lowest BCUT2D eigenvalue weighted by Crippen LogP contribution is -2.49. The lowest BCUT2D eigenvalue weighted by Gasteiger charge is -2.30. The summed E-state index contributed by atoms with van der Waals surface area (Å²) >= 11 is 0. The van der Waals surface area contributed by atoms with Gasteiger partial charge in [0.05, 0.1) is 12.3 Å². The largest absolute Gasteiger partial charge is 0.486 e. The molecular weight excluding hydrogens is 434 g/mol. The van der Waals surface area contributed by atoms with Crippen molar-refractivity contribution >= 4 is 11.7 Å². The SMILES string of the molecule is O=C(NC[C@@H](O)[C@@H]1Cc2ccc(OCc3cnco3)cc2CN1)c1ccnc(NC2CCC2)c1. The maximum atomic E-state index is 12.6. The number of nitrogens with one attached hydrogen (secondary N) is 3. The number of oxazole rings is 1. The van der Waals surface area contributed by atoms with E-state index in [0.29, 0.717) is 42.8 Å². The zero-order valence-electron chi connectivity index (χ0n) is 18.9. The fourth-order valence-corrected chi connectivity index (χ4v) is 4.20. The Labute approximate surface area is 198 Å². The molecular formula is C25H29N5O4. The number of aliphatic hydroxyl groups is 1. The van der Waals surface area contributed by atoms with Gasteiger partial charge in [0.1, 0.15) is 18.2 Å². The van der Waals surface area contributed by atoms with E-state index >= 15 is 0 Å². The summed E-state index contributed by atoms with van der Waals surface area (Å²) < 4.78 is 11.0. The van der Waals surface area contributed by atoms with Crippen LogP contribution in [0.25, 0.3) is 0 Å². The molecule has 1 aliphatic carbocycles. The number of fused-ring (bicyclic) bond motifs is 1. The average Bonchev–Trinajstić information content (AvgIpc) is 3.37. The molecule has 5 rings (SSSR count). The zero-order chi connectivity index (χ0) is 23.3. The summed E-state index contributed by atoms with van der Waals surface area (Å²) in [5.74, 6) is 1.92. The summed E-state index contributed by atoms with van der Waals surface area (Å²) in [5.41, 5.74) is 2.82. The Bertz CT molecular complexity index is 1120. The predicted octanol–water partition coefficient (Wildman–Crippen LogP) is 2.42. The number of hydrogen-bond donors (Lipinski definition) is 4. The summed E-state index contributed by atoms with van der Waals surface area (Å²) in [6, 6.07) is 9.69. The second-order valence-electron chi connectivity index (χ2n) is 8.86. The number of carbonyl (C=O) groups excluding carboxylic acids is 1. The van der Waals surface area contributed by atoms with Crippen molar-refractivity contribution in [1.82, 2.24) is 20.6 Å². The highest BCUT2D eigenvalue weighted by Crippen LogP contribution is 2.24. The number of benzene rings is 1. The van der Waals surface area contributed by atoms with Gasteiger partial charge in [0, 0.05) is 36.9 Å². The number of pyridine rings is 1. The van der Waals surface area contributed by atoms with E-state index in [1.807, 2.05) is 18.2 Å². The van der Waals surface area contributed by atoms with Crippen molar-refractivity contribution in [2.45, 2.75) is 57.0 Å². The highest BCUT2D eigenvalue weighted by atomic mass is 16.5. The van der Waals surface area contributed by atoms with Crippen LogP contribution in [-0.2, 0) is 19.6 Å². The van der Waals surface area contributed by atoms with E-state index in [-0.39, 0.29) is 18.5 Å². The number of amides is 1. The Balaban J connectivity index is 1.11. The first-order chi connectivity index (χ1) is 16.6. The molecule has 0 bridgehead atoms. The number of aliphatic hydroxyl groups excluding tert-OH is 1. The average molecular weight is 464 g/mol. The van der Waals surface area contributed by atoms with E-state index in [1.165, 1.54) is 12.8 Å². The molecule has 1 saturated carbocycles. The molecule has 0 saturated heterocycles. The molecule has 1 amide bonds. The number of rotatable bonds is 9. The third-order valence-corrected chi connectivity index (χ3v) is 6.45. The zero-order valence-corrected chi connectivity index (χ0v) is 18.9. The molecule has 0 unspecified atom stereocenters. The first-order valence-electron chi connectivity index (χ1n) is 11.7. The molecule has 3 aromatic rings. The molecule has 0 radical (unpaired) electrons. The van der Waals surface area contributed by atoms with Gasteiger partial charge in [-0.2, -0.15) is 0 Å². The standard InChI is InChI=1S/C25H29N5O4/c31-23(13-29-25(32)17-6-7-27-24(10-17)30-19-2-1-3-19)22-9-16-4-5-20(8-18(16)11-28-22)33-14-21-12-26-15-34-21/h4-8,10,12,15,19,22-23,28,31H,1-3,9,11,13-14H2,(H,27,30)(H,29,32)/t22-,23+/m0/s1. The van der Waals surface area contributed by atoms with E-state index in [0.717, 1.165) is 29.7 Å². The number of hydrogen-bond acceptors (Lipinski definition) is 8. The third-order valence-electron chi connectivity index (χ3n) is 6.45. The van der Waals surface area contributed by atoms with Gasteiger partial charge in [0.15, 0.2) is 12.2 Å². The first kappa shape index (κ1) is 22.4. The van der Waals surface area contributed by atoms with Crippen LogP contribution < -0.4 is 20.7 Å². The Morgan fingerprint density at radius 2 is 2.18 bits per heavy atom. The van der Waals surface area contributed by atoms with Crippen molar-refractivity contribution in [3.8, 4) is 5.75 Å². The minimum absolute atomic E-state index is 0.151. The van der Waals surface area contributed by atoms with Crippen LogP contribution in [0.15, 0.2) is 53.5 Å². The first-order valence-corrected chi connectivity index (χ1v) is 11.7. The topological polar surface area (TPSA) is 122 Å². The van der Waals surface area contributed by atoms with E-state index in [4.69, 9.17) is 9.15 Å². The van der Waals surface area contributed by atoms with Crippen LogP contribution in [0.1, 0.15) is 46.5 Å². The van der Waals surface area contributed by atoms with Crippen LogP contribution in [0.4, 0.5) is 5.82 Å². The van der Waals surface area contributed by atoms with Gasteiger partial charge in [-0.25, -0.2) is 9.97 Å². The molecule has 3 heterocycles. The Kier molecular flexibility index (Phi) is 6.73. The minimum Gasteiger partial charge on any atom is -0.486 e. The van der Waals surface area contributed by atoms with Gasteiger partial charge in [-0.15, -0.1) is 0 Å². The van der Waals surface area contributed by atoms with Gasteiger partial charge in [0.2, 0.25) is 0 Å². The summed E-state index contributed by atoms with van der Waals surface area (Å²) in [5, 5.41) is 20.3. The predicted molar refractivity (Wildman–Crippen MR) is 125 cm³/mol. The van der Waals surface area contributed by atoms with Gasteiger partial charge in [0.25, 0.3) is 5.91 Å². The van der Waals surface area contributed by atoms with Gasteiger partial charge in [-0.05, 0) is 61.1 Å². The van der Waals surface area contributed by atoms with Crippen molar-refractivity contribution in [3.63, 3.8) is 0 Å². The quantitative estimate of drug-likeness (QED) is 0.382. The van der Waals surface area contributed by atoms with E-state index in [9.17, 15) is 9.90 Å². The fourth-order valence-electron chi connectivity index (χ4n) is 4.20. The number of carbonyl (C=O) groups is 1. The van der Waals surface area contributed by atoms with E-state index in [1.54, 1.807) is 24.5 Å². The van der Waals surface area contributed by atoms with Crippen LogP contribution in [0.2, 0.25) is 0 Å². The lowest BCUT2D eigenvalue weighted by molar-refractivity contribution is 0.0870. The normalized spacial score (nSPS) is 18.4. The Morgan fingerprint density at radius 3 is 2.97 bits per heavy atom. The second kappa shape index (κ2) is 10.2. The molecule has 2 aromatic heterocycles. The molecule has 1 aromatic carbocycles. The molecule has 0 spiro atoms. The molecule has 2 atom stereocenters. The molecule has 9 nitrogen and oxygen atoms in total. The van der Waals surface area contributed by atoms with Crippen LogP contribution in [0.5, 0.6) is 5.75 Å². The summed E-state index contributed by atoms with van der Waals surface area (Å²) in [7, 11) is 0. The Hall–Kier alpha value is -3.43. The molecule has 1 fully saturated rings. The van der Waals surface area contributed by atoms with Crippen molar-refractivity contribution in [2.24, 2.45) is 0 Å². The third kappa shape index (κ3) is 5.37. The fraction of sp³-hybridized carbons (Fsp3) is 0.400. The smallest absolute Gasteiger partial charge is 0.251 e. The second-order valence-corrected chi connectivity index (χ2v) is 8.86. The summed E-state index contributed by atoms with van der Waals surface area (Å²) in [6.45, 7) is 1.10. The van der Waals surface area contributed by atoms with Gasteiger partial charge in [-0.1, -0.05) is 6.07 Å². The monoisotopic (exact) mass is 463 g/mol. The summed E-state index contributed by atoms with van der Waals surface area (Å²) in [4.78, 5) is 20.8. The minimum atomic E-state index is -0.714. The molecule has 2 aliphatic rings. The van der Waals surface area contributed by atoms with Gasteiger partial charge >= 0.3 is 0 Å². The van der Waals surface area contributed by atoms with E-state index < -0.39 is 6.10 Å². The molecule has 4 N–H and O–H groups in total. The molecule has 178 valence electrons. The molecule has 1 aliphatic heterocycles. The summed E-state index contributed by atoms with van der Waals surface area (Å²) in [6.07, 6.45) is 8.10. The number of anilines is 1. The number of nitrogens with zero attached hydrogens (tertiary/aromatic N) is 2. The highest BCUT2D eigenvalue weighted by Gasteiger charge is 2.25. The van der Waals surface area contributed by atoms with Crippen molar-refractivity contribution < 1.29 is 19.1 Å². The van der Waals surface area contributed by atoms with Crippen LogP contribution >= 0.6 is 0 Å². The van der Waals surface area contributed by atoms with Crippen molar-refractivity contribution in [2.75, 3.05) is 11.9 Å². The molecule has 9 heteroatoms. The van der Waals surface area contributed by atoms with Gasteiger partial charge in [-0.3, -0.25) is 4.79 Å². The van der Waals surface area contributed by atoms with Crippen LogP contribution in [0, 0.1) is 0 Å². The number of ether oxygens (including phenoxy) is 1. The van der Waals surface area contributed by atoms with Crippen LogP contribution in [0.3, 0.4) is 0 Å².